The van der Waals surface area contributed by atoms with E-state index >= 15 is 0 Å². The van der Waals surface area contributed by atoms with Crippen LogP contribution in [0.5, 0.6) is 5.75 Å². The second-order valence-corrected chi connectivity index (χ2v) is 9.42. The summed E-state index contributed by atoms with van der Waals surface area (Å²) in [5.74, 6) is 0.735. The van der Waals surface area contributed by atoms with E-state index in [2.05, 4.69) is 86.6 Å². The lowest BCUT2D eigenvalue weighted by Gasteiger charge is -2.26. The number of benzene rings is 3. The molecule has 0 fully saturated rings. The number of carbonyl (C=O) groups is 1. The Kier molecular flexibility index (Phi) is 8.04. The molecule has 4 heteroatoms. The Bertz CT molecular complexity index is 1180. The Morgan fingerprint density at radius 2 is 1.66 bits per heavy atom. The third kappa shape index (κ3) is 6.20. The van der Waals surface area contributed by atoms with Gasteiger partial charge in [0.25, 0.3) is 5.91 Å². The number of hydrogen-bond acceptors (Lipinski definition) is 3. The van der Waals surface area contributed by atoms with Crippen LogP contribution in [0.4, 0.5) is 5.69 Å². The summed E-state index contributed by atoms with van der Waals surface area (Å²) in [6, 6.07) is 23.4. The number of ether oxygens (including phenoxy) is 1. The van der Waals surface area contributed by atoms with Crippen molar-refractivity contribution >= 4 is 17.7 Å². The number of anilines is 1. The molecule has 35 heavy (non-hydrogen) atoms. The molecule has 3 aromatic carbocycles. The molecule has 4 nitrogen and oxygen atoms in total. The van der Waals surface area contributed by atoms with E-state index in [1.165, 1.54) is 11.1 Å². The third-order valence-electron chi connectivity index (χ3n) is 6.85. The van der Waals surface area contributed by atoms with E-state index < -0.39 is 0 Å². The zero-order chi connectivity index (χ0) is 24.8. The maximum atomic E-state index is 13.1. The van der Waals surface area contributed by atoms with Gasteiger partial charge in [0, 0.05) is 35.8 Å². The molecule has 0 spiro atoms. The monoisotopic (exact) mass is 468 g/mol. The van der Waals surface area contributed by atoms with Gasteiger partial charge in [-0.15, -0.1) is 0 Å². The van der Waals surface area contributed by atoms with Crippen molar-refractivity contribution < 1.29 is 9.53 Å². The lowest BCUT2D eigenvalue weighted by molar-refractivity contribution is -0.113. The fourth-order valence-electron chi connectivity index (χ4n) is 4.66. The first-order valence-electron chi connectivity index (χ1n) is 12.6. The average Bonchev–Trinajstić information content (AvgIpc) is 3.08. The average molecular weight is 469 g/mol. The van der Waals surface area contributed by atoms with Crippen LogP contribution < -0.4 is 10.1 Å². The standard InChI is InChI=1S/C31H36N2O2/c1-5-29(6-2)33(4)21-23-9-14-28(15-10-23)32-31(34)26-17-18-35-30-16-13-25(19-27(30)20-26)24-11-7-22(3)8-12-24/h7-16,19-20,29H,5-6,17-18,21H2,1-4H3,(H,32,34). The van der Waals surface area contributed by atoms with E-state index in [0.29, 0.717) is 19.1 Å². The summed E-state index contributed by atoms with van der Waals surface area (Å²) in [5, 5.41) is 3.07. The van der Waals surface area contributed by atoms with Gasteiger partial charge in [-0.25, -0.2) is 0 Å². The van der Waals surface area contributed by atoms with Gasteiger partial charge < -0.3 is 10.1 Å². The van der Waals surface area contributed by atoms with Crippen LogP contribution in [0.2, 0.25) is 0 Å². The van der Waals surface area contributed by atoms with Crippen LogP contribution >= 0.6 is 0 Å². The minimum atomic E-state index is -0.0795. The molecule has 0 aliphatic carbocycles. The van der Waals surface area contributed by atoms with Crippen LogP contribution in [0, 0.1) is 6.92 Å². The molecule has 0 unspecified atom stereocenters. The highest BCUT2D eigenvalue weighted by Gasteiger charge is 2.17. The summed E-state index contributed by atoms with van der Waals surface area (Å²) < 4.78 is 5.94. The topological polar surface area (TPSA) is 41.6 Å². The van der Waals surface area contributed by atoms with Crippen molar-refractivity contribution in [2.75, 3.05) is 19.0 Å². The quantitative estimate of drug-likeness (QED) is 0.384. The molecule has 0 saturated carbocycles. The van der Waals surface area contributed by atoms with Crippen LogP contribution in [-0.4, -0.2) is 30.5 Å². The Labute approximate surface area is 209 Å². The molecule has 0 aromatic heterocycles. The van der Waals surface area contributed by atoms with E-state index in [1.54, 1.807) is 0 Å². The van der Waals surface area contributed by atoms with Gasteiger partial charge in [-0.2, -0.15) is 0 Å². The van der Waals surface area contributed by atoms with Crippen LogP contribution in [0.3, 0.4) is 0 Å². The molecule has 1 aliphatic rings. The molecule has 0 bridgehead atoms. The van der Waals surface area contributed by atoms with Gasteiger partial charge in [-0.1, -0.05) is 61.9 Å². The van der Waals surface area contributed by atoms with E-state index in [1.807, 2.05) is 24.3 Å². The molecule has 4 rings (SSSR count). The predicted molar refractivity (Wildman–Crippen MR) is 146 cm³/mol. The van der Waals surface area contributed by atoms with E-state index in [-0.39, 0.29) is 5.91 Å². The largest absolute Gasteiger partial charge is 0.493 e. The molecule has 0 saturated heterocycles. The van der Waals surface area contributed by atoms with Crippen molar-refractivity contribution in [3.8, 4) is 16.9 Å². The van der Waals surface area contributed by atoms with Crippen molar-refractivity contribution in [3.05, 3.63) is 89.0 Å². The van der Waals surface area contributed by atoms with Crippen molar-refractivity contribution in [1.29, 1.82) is 0 Å². The van der Waals surface area contributed by atoms with Gasteiger partial charge in [-0.05, 0) is 73.8 Å². The van der Waals surface area contributed by atoms with Crippen molar-refractivity contribution in [3.63, 3.8) is 0 Å². The second-order valence-electron chi connectivity index (χ2n) is 9.42. The van der Waals surface area contributed by atoms with Gasteiger partial charge in [0.1, 0.15) is 5.75 Å². The molecule has 1 aliphatic heterocycles. The molecular formula is C31H36N2O2. The zero-order valence-corrected chi connectivity index (χ0v) is 21.3. The van der Waals surface area contributed by atoms with Gasteiger partial charge >= 0.3 is 0 Å². The van der Waals surface area contributed by atoms with Crippen LogP contribution in [0.15, 0.2) is 72.3 Å². The summed E-state index contributed by atoms with van der Waals surface area (Å²) in [6.45, 7) is 7.94. The summed E-state index contributed by atoms with van der Waals surface area (Å²) in [5.41, 5.74) is 7.21. The first kappa shape index (κ1) is 24.7. The Balaban J connectivity index is 1.47. The number of amides is 1. The smallest absolute Gasteiger partial charge is 0.251 e. The highest BCUT2D eigenvalue weighted by atomic mass is 16.5. The number of aryl methyl sites for hydroxylation is 1. The number of hydrogen-bond donors (Lipinski definition) is 1. The summed E-state index contributed by atoms with van der Waals surface area (Å²) in [4.78, 5) is 15.5. The molecule has 3 aromatic rings. The fraction of sp³-hybridized carbons (Fsp3) is 0.323. The van der Waals surface area contributed by atoms with E-state index in [9.17, 15) is 4.79 Å². The highest BCUT2D eigenvalue weighted by Crippen LogP contribution is 2.31. The lowest BCUT2D eigenvalue weighted by atomic mass is 10.00. The normalized spacial score (nSPS) is 13.1. The number of fused-ring (bicyclic) bond motifs is 1. The molecule has 0 atom stereocenters. The summed E-state index contributed by atoms with van der Waals surface area (Å²) in [7, 11) is 2.18. The predicted octanol–water partition coefficient (Wildman–Crippen LogP) is 7.09. The van der Waals surface area contributed by atoms with E-state index in [0.717, 1.165) is 53.1 Å². The van der Waals surface area contributed by atoms with Gasteiger partial charge in [0.2, 0.25) is 0 Å². The summed E-state index contributed by atoms with van der Waals surface area (Å²) >= 11 is 0. The Morgan fingerprint density at radius 1 is 0.971 bits per heavy atom. The van der Waals surface area contributed by atoms with Crippen molar-refractivity contribution in [2.24, 2.45) is 0 Å². The lowest BCUT2D eigenvalue weighted by Crippen LogP contribution is -2.29. The van der Waals surface area contributed by atoms with Gasteiger partial charge in [0.05, 0.1) is 6.61 Å². The van der Waals surface area contributed by atoms with Gasteiger partial charge in [0.15, 0.2) is 0 Å². The summed E-state index contributed by atoms with van der Waals surface area (Å²) in [6.07, 6.45) is 4.83. The molecule has 0 radical (unpaired) electrons. The fourth-order valence-corrected chi connectivity index (χ4v) is 4.66. The van der Waals surface area contributed by atoms with Crippen LogP contribution in [-0.2, 0) is 11.3 Å². The molecular weight excluding hydrogens is 432 g/mol. The van der Waals surface area contributed by atoms with Crippen LogP contribution in [0.25, 0.3) is 17.2 Å². The first-order valence-corrected chi connectivity index (χ1v) is 12.6. The number of nitrogens with zero attached hydrogens (tertiary/aromatic N) is 1. The maximum absolute atomic E-state index is 13.1. The number of nitrogens with one attached hydrogen (secondary N) is 1. The minimum Gasteiger partial charge on any atom is -0.493 e. The maximum Gasteiger partial charge on any atom is 0.251 e. The molecule has 1 N–H and O–H groups in total. The Morgan fingerprint density at radius 3 is 2.34 bits per heavy atom. The first-order chi connectivity index (χ1) is 17.0. The van der Waals surface area contributed by atoms with Crippen LogP contribution in [0.1, 0.15) is 49.8 Å². The number of rotatable bonds is 8. The van der Waals surface area contributed by atoms with Crippen molar-refractivity contribution in [1.82, 2.24) is 4.90 Å². The third-order valence-corrected chi connectivity index (χ3v) is 6.85. The minimum absolute atomic E-state index is 0.0795. The molecule has 1 amide bonds. The molecule has 1 heterocycles. The zero-order valence-electron chi connectivity index (χ0n) is 21.3. The Hall–Kier alpha value is -3.37. The van der Waals surface area contributed by atoms with Crippen molar-refractivity contribution in [2.45, 2.75) is 52.6 Å². The second kappa shape index (κ2) is 11.4. The van der Waals surface area contributed by atoms with E-state index in [4.69, 9.17) is 4.74 Å². The SMILES string of the molecule is CCC(CC)N(C)Cc1ccc(NC(=O)C2=Cc3cc(-c4ccc(C)cc4)ccc3OCC2)cc1. The highest BCUT2D eigenvalue weighted by molar-refractivity contribution is 6.07. The number of carbonyl (C=O) groups excluding carboxylic acids is 1. The van der Waals surface area contributed by atoms with Gasteiger partial charge in [-0.3, -0.25) is 9.69 Å². The molecule has 182 valence electrons.